The number of aryl methyl sites for hydroxylation is 2. The van der Waals surface area contributed by atoms with Crippen LogP contribution < -0.4 is 0 Å². The number of imidazole rings is 1. The molecule has 0 spiro atoms. The van der Waals surface area contributed by atoms with Gasteiger partial charge < -0.3 is 4.57 Å². The molecule has 1 atom stereocenters. The van der Waals surface area contributed by atoms with E-state index in [0.717, 1.165) is 0 Å². The lowest BCUT2D eigenvalue weighted by molar-refractivity contribution is 0.169. The molecule has 0 N–H and O–H groups in total. The van der Waals surface area contributed by atoms with Crippen LogP contribution in [0.4, 0.5) is 0 Å². The van der Waals surface area contributed by atoms with Crippen molar-refractivity contribution in [2.75, 3.05) is 26.2 Å². The molecule has 20 heavy (non-hydrogen) atoms. The number of hydrogen-bond acceptors (Lipinski definition) is 5. The number of nitriles is 1. The van der Waals surface area contributed by atoms with Crippen molar-refractivity contribution in [1.82, 2.24) is 18.8 Å². The molecule has 0 bridgehead atoms. The van der Waals surface area contributed by atoms with E-state index in [1.165, 1.54) is 10.5 Å². The maximum Gasteiger partial charge on any atom is 0.262 e. The molecule has 8 heteroatoms. The lowest BCUT2D eigenvalue weighted by Gasteiger charge is -2.34. The van der Waals surface area contributed by atoms with Gasteiger partial charge in [0.25, 0.3) is 10.0 Å². The molecule has 1 aromatic heterocycles. The molecule has 0 radical (unpaired) electrons. The predicted molar refractivity (Wildman–Crippen MR) is 73.4 cm³/mol. The first-order valence-corrected chi connectivity index (χ1v) is 7.94. The summed E-state index contributed by atoms with van der Waals surface area (Å²) in [5.74, 6) is 0.667. The lowest BCUT2D eigenvalue weighted by Crippen LogP contribution is -2.51. The van der Waals surface area contributed by atoms with Crippen LogP contribution in [0.5, 0.6) is 0 Å². The first kappa shape index (κ1) is 15.0. The highest BCUT2D eigenvalue weighted by Crippen LogP contribution is 2.17. The SMILES string of the molecule is Cc1nc(S(=O)(=O)N2CCN(C(C)C#N)CC2)cn1C. The first-order valence-electron chi connectivity index (χ1n) is 6.50. The van der Waals surface area contributed by atoms with E-state index in [4.69, 9.17) is 5.26 Å². The third kappa shape index (κ3) is 2.70. The van der Waals surface area contributed by atoms with Crippen LogP contribution in [0.2, 0.25) is 0 Å². The third-order valence-electron chi connectivity index (χ3n) is 3.70. The Bertz CT molecular complexity index is 603. The Morgan fingerprint density at radius 3 is 2.40 bits per heavy atom. The molecule has 1 fully saturated rings. The summed E-state index contributed by atoms with van der Waals surface area (Å²) in [4.78, 5) is 6.08. The average Bonchev–Trinajstić information content (AvgIpc) is 2.78. The smallest absolute Gasteiger partial charge is 0.262 e. The van der Waals surface area contributed by atoms with Crippen LogP contribution in [0, 0.1) is 18.3 Å². The number of aromatic nitrogens is 2. The summed E-state index contributed by atoms with van der Waals surface area (Å²) in [7, 11) is -1.76. The summed E-state index contributed by atoms with van der Waals surface area (Å²) in [6.45, 7) is 5.52. The summed E-state index contributed by atoms with van der Waals surface area (Å²) in [5, 5.41) is 8.98. The monoisotopic (exact) mass is 297 g/mol. The second-order valence-corrected chi connectivity index (χ2v) is 6.87. The summed E-state index contributed by atoms with van der Waals surface area (Å²) < 4.78 is 28.1. The van der Waals surface area contributed by atoms with E-state index in [0.29, 0.717) is 32.0 Å². The Balaban J connectivity index is 2.12. The average molecular weight is 297 g/mol. The van der Waals surface area contributed by atoms with Gasteiger partial charge in [-0.05, 0) is 13.8 Å². The van der Waals surface area contributed by atoms with Crippen molar-refractivity contribution in [3.8, 4) is 6.07 Å². The Morgan fingerprint density at radius 1 is 1.35 bits per heavy atom. The van der Waals surface area contributed by atoms with Crippen LogP contribution in [0.15, 0.2) is 11.2 Å². The van der Waals surface area contributed by atoms with Crippen LogP contribution in [0.1, 0.15) is 12.7 Å². The number of nitrogens with zero attached hydrogens (tertiary/aromatic N) is 5. The summed E-state index contributed by atoms with van der Waals surface area (Å²) in [5.41, 5.74) is 0. The molecule has 2 rings (SSSR count). The number of rotatable bonds is 3. The normalized spacial score (nSPS) is 19.7. The van der Waals surface area contributed by atoms with Crippen molar-refractivity contribution in [2.24, 2.45) is 7.05 Å². The zero-order chi connectivity index (χ0) is 14.9. The summed E-state index contributed by atoms with van der Waals surface area (Å²) in [6.07, 6.45) is 1.54. The van der Waals surface area contributed by atoms with Crippen molar-refractivity contribution >= 4 is 10.0 Å². The Labute approximate surface area is 119 Å². The minimum Gasteiger partial charge on any atom is -0.337 e. The van der Waals surface area contributed by atoms with Gasteiger partial charge in [0.1, 0.15) is 5.82 Å². The highest BCUT2D eigenvalue weighted by atomic mass is 32.2. The van der Waals surface area contributed by atoms with Gasteiger partial charge in [-0.2, -0.15) is 9.57 Å². The highest BCUT2D eigenvalue weighted by Gasteiger charge is 2.31. The zero-order valence-corrected chi connectivity index (χ0v) is 12.8. The van der Waals surface area contributed by atoms with Gasteiger partial charge in [-0.3, -0.25) is 4.90 Å². The maximum absolute atomic E-state index is 12.5. The van der Waals surface area contributed by atoms with Gasteiger partial charge in [0.15, 0.2) is 5.03 Å². The quantitative estimate of drug-likeness (QED) is 0.781. The molecule has 1 aliphatic heterocycles. The van der Waals surface area contributed by atoms with Crippen LogP contribution in [0.25, 0.3) is 0 Å². The van der Waals surface area contributed by atoms with Gasteiger partial charge >= 0.3 is 0 Å². The molecule has 1 aliphatic rings. The fourth-order valence-corrected chi connectivity index (χ4v) is 3.64. The van der Waals surface area contributed by atoms with E-state index >= 15 is 0 Å². The molecule has 110 valence electrons. The van der Waals surface area contributed by atoms with Gasteiger partial charge in [-0.25, -0.2) is 13.4 Å². The largest absolute Gasteiger partial charge is 0.337 e. The number of piperazine rings is 1. The zero-order valence-electron chi connectivity index (χ0n) is 11.9. The van der Waals surface area contributed by atoms with Gasteiger partial charge in [-0.15, -0.1) is 0 Å². The van der Waals surface area contributed by atoms with E-state index in [9.17, 15) is 8.42 Å². The van der Waals surface area contributed by atoms with E-state index in [1.54, 1.807) is 18.5 Å². The van der Waals surface area contributed by atoms with E-state index in [-0.39, 0.29) is 11.1 Å². The fraction of sp³-hybridized carbons (Fsp3) is 0.667. The lowest BCUT2D eigenvalue weighted by atomic mass is 10.2. The topological polar surface area (TPSA) is 82.2 Å². The van der Waals surface area contributed by atoms with E-state index < -0.39 is 10.0 Å². The molecule has 1 aromatic rings. The highest BCUT2D eigenvalue weighted by molar-refractivity contribution is 7.89. The molecule has 1 unspecified atom stereocenters. The fourth-order valence-electron chi connectivity index (χ4n) is 2.20. The molecule has 0 saturated carbocycles. The minimum absolute atomic E-state index is 0.0966. The van der Waals surface area contributed by atoms with Gasteiger partial charge in [0.05, 0.1) is 12.1 Å². The molecule has 0 amide bonds. The number of sulfonamides is 1. The molecule has 0 aliphatic carbocycles. The van der Waals surface area contributed by atoms with Crippen molar-refractivity contribution in [1.29, 1.82) is 5.26 Å². The van der Waals surface area contributed by atoms with Crippen molar-refractivity contribution in [2.45, 2.75) is 24.9 Å². The molecular formula is C12H19N5O2S. The van der Waals surface area contributed by atoms with Crippen LogP contribution in [-0.2, 0) is 17.1 Å². The summed E-state index contributed by atoms with van der Waals surface area (Å²) in [6, 6.07) is 1.99. The molecule has 0 aromatic carbocycles. The van der Waals surface area contributed by atoms with Gasteiger partial charge in [0.2, 0.25) is 0 Å². The molecular weight excluding hydrogens is 278 g/mol. The van der Waals surface area contributed by atoms with Crippen LogP contribution >= 0.6 is 0 Å². The first-order chi connectivity index (χ1) is 9.36. The van der Waals surface area contributed by atoms with E-state index in [2.05, 4.69) is 11.1 Å². The Morgan fingerprint density at radius 2 is 1.95 bits per heavy atom. The van der Waals surface area contributed by atoms with Crippen molar-refractivity contribution in [3.63, 3.8) is 0 Å². The van der Waals surface area contributed by atoms with E-state index in [1.807, 2.05) is 11.8 Å². The van der Waals surface area contributed by atoms with Gasteiger partial charge in [-0.1, -0.05) is 0 Å². The van der Waals surface area contributed by atoms with Crippen LogP contribution in [0.3, 0.4) is 0 Å². The second-order valence-electron chi connectivity index (χ2n) is 4.98. The summed E-state index contributed by atoms with van der Waals surface area (Å²) >= 11 is 0. The maximum atomic E-state index is 12.5. The van der Waals surface area contributed by atoms with Crippen molar-refractivity contribution in [3.05, 3.63) is 12.0 Å². The predicted octanol–water partition coefficient (Wildman–Crippen LogP) is -0.0531. The Hall–Kier alpha value is -1.43. The van der Waals surface area contributed by atoms with Gasteiger partial charge in [0, 0.05) is 39.4 Å². The Kier molecular flexibility index (Phi) is 4.13. The van der Waals surface area contributed by atoms with Crippen molar-refractivity contribution < 1.29 is 8.42 Å². The number of hydrogen-bond donors (Lipinski definition) is 0. The third-order valence-corrected chi connectivity index (χ3v) is 5.47. The second kappa shape index (κ2) is 5.52. The van der Waals surface area contributed by atoms with Crippen LogP contribution in [-0.4, -0.2) is 59.4 Å². The minimum atomic E-state index is -3.53. The standard InChI is InChI=1S/C12H19N5O2S/c1-10(8-13)16-4-6-17(7-5-16)20(18,19)12-9-15(3)11(2)14-12/h9-10H,4-7H2,1-3H3. The molecule has 7 nitrogen and oxygen atoms in total. The molecule has 2 heterocycles. The molecule has 1 saturated heterocycles.